The van der Waals surface area contributed by atoms with Crippen LogP contribution in [0.2, 0.25) is 10.0 Å². The molecule has 8 nitrogen and oxygen atoms in total. The number of benzene rings is 2. The van der Waals surface area contributed by atoms with E-state index in [1.54, 1.807) is 36.9 Å². The Kier molecular flexibility index (Phi) is 15.0. The molecule has 4 aromatic rings. The van der Waals surface area contributed by atoms with E-state index in [0.29, 0.717) is 46.9 Å². The summed E-state index contributed by atoms with van der Waals surface area (Å²) in [7, 11) is 0. The molecule has 2 aliphatic carbocycles. The van der Waals surface area contributed by atoms with E-state index in [4.69, 9.17) is 23.2 Å². The molecule has 4 N–H and O–H groups in total. The summed E-state index contributed by atoms with van der Waals surface area (Å²) in [6.45, 7) is 0. The molecule has 0 spiro atoms. The molecule has 0 aliphatic heterocycles. The third-order valence-corrected chi connectivity index (χ3v) is 11.7. The molecular weight excluding hydrogens is 835 g/mol. The van der Waals surface area contributed by atoms with Crippen LogP contribution < -0.4 is 0 Å². The number of aliphatic hydroxyl groups excluding tert-OH is 4. The smallest absolute Gasteiger partial charge is 0.163 e. The summed E-state index contributed by atoms with van der Waals surface area (Å²) in [5, 5.41) is 41.3. The van der Waals surface area contributed by atoms with Crippen LogP contribution in [-0.4, -0.2) is 66.4 Å². The van der Waals surface area contributed by atoms with Crippen LogP contribution in [-0.2, 0) is 12.8 Å². The lowest BCUT2D eigenvalue weighted by Gasteiger charge is -2.31. The SMILES string of the molecule is O=C(C[C@@H]1CCC[C@@H](O)[C@H]1O)c1ccncc1Cc1ccc(Br)cc1Cl.O=C(C[C@H]1CCC[C@H](O)[C@@H]1O)c1ccncc1Cc1ccc(Br)cc1Cl. The van der Waals surface area contributed by atoms with Crippen molar-refractivity contribution < 1.29 is 30.0 Å². The number of halogens is 4. The summed E-state index contributed by atoms with van der Waals surface area (Å²) in [6.07, 6.45) is 9.27. The van der Waals surface area contributed by atoms with E-state index in [9.17, 15) is 30.0 Å². The number of pyridine rings is 2. The van der Waals surface area contributed by atoms with Crippen molar-refractivity contribution in [1.29, 1.82) is 0 Å². The quantitative estimate of drug-likeness (QED) is 0.117. The Bertz CT molecular complexity index is 1730. The molecule has 52 heavy (non-hydrogen) atoms. The molecule has 6 rings (SSSR count). The lowest BCUT2D eigenvalue weighted by atomic mass is 9.80. The van der Waals surface area contributed by atoms with Crippen LogP contribution in [0, 0.1) is 11.8 Å². The van der Waals surface area contributed by atoms with Crippen molar-refractivity contribution in [3.05, 3.63) is 126 Å². The Morgan fingerprint density at radius 3 is 1.40 bits per heavy atom. The van der Waals surface area contributed by atoms with Gasteiger partial charge in [0, 0.05) is 80.6 Å². The van der Waals surface area contributed by atoms with Crippen molar-refractivity contribution in [3.63, 3.8) is 0 Å². The van der Waals surface area contributed by atoms with Gasteiger partial charge in [-0.25, -0.2) is 0 Å². The topological polar surface area (TPSA) is 141 Å². The van der Waals surface area contributed by atoms with Crippen LogP contribution in [0.15, 0.2) is 82.3 Å². The highest BCUT2D eigenvalue weighted by Gasteiger charge is 2.33. The number of rotatable bonds is 10. The molecule has 0 unspecified atom stereocenters. The zero-order valence-electron chi connectivity index (χ0n) is 28.5. The Labute approximate surface area is 330 Å². The summed E-state index contributed by atoms with van der Waals surface area (Å²) >= 11 is 19.4. The van der Waals surface area contributed by atoms with Crippen LogP contribution >= 0.6 is 55.1 Å². The van der Waals surface area contributed by atoms with Gasteiger partial charge in [0.15, 0.2) is 11.6 Å². The second kappa shape index (κ2) is 19.2. The highest BCUT2D eigenvalue weighted by Crippen LogP contribution is 2.32. The zero-order chi connectivity index (χ0) is 37.4. The minimum Gasteiger partial charge on any atom is -0.390 e. The average molecular weight is 877 g/mol. The number of hydrogen-bond donors (Lipinski definition) is 4. The number of Topliss-reactive ketones (excluding diaryl/α,β-unsaturated/α-hetero) is 2. The first kappa shape index (κ1) is 40.6. The van der Waals surface area contributed by atoms with Crippen molar-refractivity contribution in [3.8, 4) is 0 Å². The van der Waals surface area contributed by atoms with Crippen LogP contribution in [0.5, 0.6) is 0 Å². The molecule has 0 amide bonds. The van der Waals surface area contributed by atoms with E-state index < -0.39 is 24.4 Å². The van der Waals surface area contributed by atoms with Crippen molar-refractivity contribution in [2.45, 2.75) is 88.6 Å². The molecule has 2 aromatic carbocycles. The van der Waals surface area contributed by atoms with Gasteiger partial charge in [-0.2, -0.15) is 0 Å². The minimum absolute atomic E-state index is 0.0335. The molecule has 0 bridgehead atoms. The fourth-order valence-electron chi connectivity index (χ4n) is 7.05. The van der Waals surface area contributed by atoms with Crippen LogP contribution in [0.3, 0.4) is 0 Å². The van der Waals surface area contributed by atoms with Crippen molar-refractivity contribution in [2.24, 2.45) is 11.8 Å². The Hall–Kier alpha value is -2.54. The maximum absolute atomic E-state index is 12.9. The number of nitrogens with zero attached hydrogens (tertiary/aromatic N) is 2. The molecule has 276 valence electrons. The van der Waals surface area contributed by atoms with E-state index in [2.05, 4.69) is 41.8 Å². The summed E-state index contributed by atoms with van der Waals surface area (Å²) in [4.78, 5) is 34.0. The lowest BCUT2D eigenvalue weighted by Crippen LogP contribution is -2.38. The number of carbonyl (C=O) groups is 2. The Balaban J connectivity index is 0.000000201. The van der Waals surface area contributed by atoms with E-state index in [0.717, 1.165) is 56.9 Å². The van der Waals surface area contributed by atoms with Gasteiger partial charge >= 0.3 is 0 Å². The summed E-state index contributed by atoms with van der Waals surface area (Å²) in [6, 6.07) is 14.8. The molecule has 6 atom stereocenters. The fraction of sp³-hybridized carbons (Fsp3) is 0.400. The van der Waals surface area contributed by atoms with Gasteiger partial charge in [-0.05, 0) is 96.2 Å². The summed E-state index contributed by atoms with van der Waals surface area (Å²) in [5.74, 6) is -0.477. The number of aromatic nitrogens is 2. The minimum atomic E-state index is -0.834. The van der Waals surface area contributed by atoms with Crippen molar-refractivity contribution in [1.82, 2.24) is 9.97 Å². The Morgan fingerprint density at radius 1 is 0.615 bits per heavy atom. The maximum atomic E-state index is 12.9. The molecule has 2 aromatic heterocycles. The van der Waals surface area contributed by atoms with Gasteiger partial charge < -0.3 is 20.4 Å². The van der Waals surface area contributed by atoms with Gasteiger partial charge in [0.1, 0.15) is 0 Å². The first-order chi connectivity index (χ1) is 24.9. The van der Waals surface area contributed by atoms with Crippen LogP contribution in [0.1, 0.15) is 94.3 Å². The second-order valence-corrected chi connectivity index (χ2v) is 16.3. The molecule has 12 heteroatoms. The van der Waals surface area contributed by atoms with Crippen molar-refractivity contribution >= 4 is 66.6 Å². The normalized spacial score (nSPS) is 23.0. The largest absolute Gasteiger partial charge is 0.390 e. The predicted molar refractivity (Wildman–Crippen MR) is 209 cm³/mol. The van der Waals surface area contributed by atoms with Crippen LogP contribution in [0.4, 0.5) is 0 Å². The first-order valence-electron chi connectivity index (χ1n) is 17.4. The van der Waals surface area contributed by atoms with Gasteiger partial charge in [0.05, 0.1) is 24.4 Å². The molecule has 0 saturated heterocycles. The fourth-order valence-corrected chi connectivity index (χ4v) is 8.53. The van der Waals surface area contributed by atoms with Gasteiger partial charge in [0.2, 0.25) is 0 Å². The number of carbonyl (C=O) groups excluding carboxylic acids is 2. The molecule has 0 radical (unpaired) electrons. The zero-order valence-corrected chi connectivity index (χ0v) is 33.2. The summed E-state index contributed by atoms with van der Waals surface area (Å²) < 4.78 is 1.80. The third kappa shape index (κ3) is 10.8. The monoisotopic (exact) mass is 874 g/mol. The van der Waals surface area contributed by atoms with Gasteiger partial charge in [-0.15, -0.1) is 0 Å². The lowest BCUT2D eigenvalue weighted by molar-refractivity contribution is -0.0445. The Morgan fingerprint density at radius 2 is 1.02 bits per heavy atom. The maximum Gasteiger partial charge on any atom is 0.163 e. The molecule has 2 fully saturated rings. The van der Waals surface area contributed by atoms with E-state index in [1.165, 1.54) is 0 Å². The number of hydrogen-bond acceptors (Lipinski definition) is 8. The molecule has 2 heterocycles. The molecular formula is C40H42Br2Cl2N2O6. The standard InChI is InChI=1S/2C20H21BrClNO3/c2*21-15-5-4-12(17(22)10-15)8-14-11-23-7-6-16(14)19(25)9-13-2-1-3-18(24)20(13)26/h2*4-7,10-11,13,18,20,24,26H,1-3,8-9H2/t2*13-,18+,20-/m10/s1. The highest BCUT2D eigenvalue weighted by atomic mass is 79.9. The predicted octanol–water partition coefficient (Wildman–Crippen LogP) is 8.37. The molecule has 2 saturated carbocycles. The van der Waals surface area contributed by atoms with E-state index >= 15 is 0 Å². The van der Waals surface area contributed by atoms with E-state index in [1.807, 2.05) is 36.4 Å². The van der Waals surface area contributed by atoms with Gasteiger partial charge in [-0.1, -0.05) is 80.0 Å². The van der Waals surface area contributed by atoms with Gasteiger partial charge in [-0.3, -0.25) is 19.6 Å². The van der Waals surface area contributed by atoms with E-state index in [-0.39, 0.29) is 36.2 Å². The first-order valence-corrected chi connectivity index (χ1v) is 19.8. The number of ketones is 2. The second-order valence-electron chi connectivity index (χ2n) is 13.6. The highest BCUT2D eigenvalue weighted by molar-refractivity contribution is 9.10. The number of aliphatic hydroxyl groups is 4. The van der Waals surface area contributed by atoms with Crippen molar-refractivity contribution in [2.75, 3.05) is 0 Å². The molecule has 2 aliphatic rings. The van der Waals surface area contributed by atoms with Gasteiger partial charge in [0.25, 0.3) is 0 Å². The third-order valence-electron chi connectivity index (χ3n) is 10.00. The average Bonchev–Trinajstić information content (AvgIpc) is 3.12. The summed E-state index contributed by atoms with van der Waals surface area (Å²) in [5.41, 5.74) is 4.67. The van der Waals surface area contributed by atoms with Crippen LogP contribution in [0.25, 0.3) is 0 Å².